The fraction of sp³-hybridized carbons (Fsp3) is 0.667. The number of amides is 2. The molecular weight excluding hydrogens is 410 g/mol. The van der Waals surface area contributed by atoms with Gasteiger partial charge in [-0.3, -0.25) is 9.69 Å². The van der Waals surface area contributed by atoms with E-state index in [9.17, 15) is 14.7 Å². The molecule has 0 aromatic heterocycles. The number of fused-ring (bicyclic) bond motifs is 1. The van der Waals surface area contributed by atoms with Crippen molar-refractivity contribution in [3.8, 4) is 0 Å². The number of piperazine rings is 1. The van der Waals surface area contributed by atoms with Crippen molar-refractivity contribution in [1.29, 1.82) is 0 Å². The zero-order chi connectivity index (χ0) is 22.3. The van der Waals surface area contributed by atoms with Crippen LogP contribution in [0.25, 0.3) is 0 Å². The Bertz CT molecular complexity index is 845. The molecule has 1 unspecified atom stereocenters. The SMILES string of the molecule is C[C@H]1C(=O)N2C(CN1C(=O)OCc1ccccc1)OC[C@@H]2CCN1CCC2(CC2)[C@H](O)C1. The first kappa shape index (κ1) is 21.7. The number of rotatable bonds is 5. The maximum absolute atomic E-state index is 13.1. The minimum absolute atomic E-state index is 0.00592. The number of benzene rings is 1. The molecule has 5 rings (SSSR count). The molecule has 8 nitrogen and oxygen atoms in total. The topological polar surface area (TPSA) is 82.6 Å². The van der Waals surface area contributed by atoms with Crippen molar-refractivity contribution < 1.29 is 24.2 Å². The minimum Gasteiger partial charge on any atom is -0.445 e. The summed E-state index contributed by atoms with van der Waals surface area (Å²) in [5.41, 5.74) is 1.11. The van der Waals surface area contributed by atoms with Gasteiger partial charge in [0.1, 0.15) is 12.6 Å². The highest BCUT2D eigenvalue weighted by atomic mass is 16.6. The average Bonchev–Trinajstić information content (AvgIpc) is 3.47. The van der Waals surface area contributed by atoms with Crippen LogP contribution in [0.3, 0.4) is 0 Å². The smallest absolute Gasteiger partial charge is 0.410 e. The van der Waals surface area contributed by atoms with E-state index < -0.39 is 18.4 Å². The standard InChI is InChI=1S/C24H33N3O5/c1-17-22(29)27-19(7-11-25-12-10-24(8-9-24)20(28)13-25)16-31-21(27)14-26(17)23(30)32-15-18-5-3-2-4-6-18/h2-6,17,19-21,28H,7-16H2,1H3/t17-,19-,20+,21?/m0/s1. The Kier molecular flexibility index (Phi) is 5.86. The molecule has 1 aromatic rings. The Labute approximate surface area is 189 Å². The fourth-order valence-electron chi connectivity index (χ4n) is 5.37. The highest BCUT2D eigenvalue weighted by Crippen LogP contribution is 2.53. The van der Waals surface area contributed by atoms with E-state index in [-0.39, 0.29) is 30.1 Å². The predicted molar refractivity (Wildman–Crippen MR) is 117 cm³/mol. The van der Waals surface area contributed by atoms with Gasteiger partial charge < -0.3 is 24.4 Å². The summed E-state index contributed by atoms with van der Waals surface area (Å²) >= 11 is 0. The van der Waals surface area contributed by atoms with Crippen LogP contribution in [0.5, 0.6) is 0 Å². The highest BCUT2D eigenvalue weighted by molar-refractivity contribution is 5.87. The molecule has 0 radical (unpaired) electrons. The van der Waals surface area contributed by atoms with Crippen LogP contribution in [0.1, 0.15) is 38.2 Å². The first-order chi connectivity index (χ1) is 15.5. The van der Waals surface area contributed by atoms with Crippen LogP contribution >= 0.6 is 0 Å². The normalized spacial score (nSPS) is 31.6. The maximum Gasteiger partial charge on any atom is 0.410 e. The lowest BCUT2D eigenvalue weighted by molar-refractivity contribution is -0.152. The largest absolute Gasteiger partial charge is 0.445 e. The van der Waals surface area contributed by atoms with Gasteiger partial charge in [-0.25, -0.2) is 4.79 Å². The molecule has 174 valence electrons. The van der Waals surface area contributed by atoms with Crippen LogP contribution in [-0.2, 0) is 20.9 Å². The second-order valence-corrected chi connectivity index (χ2v) is 9.77. The third-order valence-corrected chi connectivity index (χ3v) is 7.79. The lowest BCUT2D eigenvalue weighted by Gasteiger charge is -2.42. The Balaban J connectivity index is 1.14. The number of hydrogen-bond donors (Lipinski definition) is 1. The molecule has 1 aromatic carbocycles. The van der Waals surface area contributed by atoms with E-state index in [4.69, 9.17) is 9.47 Å². The lowest BCUT2D eigenvalue weighted by Crippen LogP contribution is -2.62. The van der Waals surface area contributed by atoms with E-state index in [2.05, 4.69) is 4.90 Å². The van der Waals surface area contributed by atoms with Gasteiger partial charge >= 0.3 is 6.09 Å². The molecule has 32 heavy (non-hydrogen) atoms. The fourth-order valence-corrected chi connectivity index (χ4v) is 5.37. The maximum atomic E-state index is 13.1. The van der Waals surface area contributed by atoms with Crippen LogP contribution in [0.2, 0.25) is 0 Å². The van der Waals surface area contributed by atoms with Crippen molar-refractivity contribution in [2.75, 3.05) is 32.8 Å². The molecule has 3 aliphatic heterocycles. The van der Waals surface area contributed by atoms with E-state index in [1.807, 2.05) is 35.2 Å². The van der Waals surface area contributed by atoms with E-state index >= 15 is 0 Å². The molecule has 1 saturated carbocycles. The predicted octanol–water partition coefficient (Wildman–Crippen LogP) is 1.82. The third kappa shape index (κ3) is 4.11. The van der Waals surface area contributed by atoms with Gasteiger partial charge in [-0.15, -0.1) is 0 Å². The van der Waals surface area contributed by atoms with E-state index in [0.29, 0.717) is 13.2 Å². The Hall–Kier alpha value is -2.16. The van der Waals surface area contributed by atoms with Gasteiger partial charge in [-0.2, -0.15) is 0 Å². The second-order valence-electron chi connectivity index (χ2n) is 9.77. The summed E-state index contributed by atoms with van der Waals surface area (Å²) in [6.07, 6.45) is 3.06. The molecule has 3 heterocycles. The molecule has 4 atom stereocenters. The second kappa shape index (κ2) is 8.65. The number of β-amino-alcohol motifs (C(OH)–C–C–N with tert-alkyl or cyclic N) is 1. The summed E-state index contributed by atoms with van der Waals surface area (Å²) in [7, 11) is 0. The van der Waals surface area contributed by atoms with Crippen molar-refractivity contribution in [1.82, 2.24) is 14.7 Å². The summed E-state index contributed by atoms with van der Waals surface area (Å²) in [5, 5.41) is 10.4. The summed E-state index contributed by atoms with van der Waals surface area (Å²) in [6.45, 7) is 5.32. The molecule has 4 fully saturated rings. The van der Waals surface area contributed by atoms with Gasteiger partial charge in [0.2, 0.25) is 5.91 Å². The van der Waals surface area contributed by atoms with E-state index in [0.717, 1.165) is 50.9 Å². The first-order valence-electron chi connectivity index (χ1n) is 11.8. The number of piperidine rings is 1. The number of carbonyl (C=O) groups excluding carboxylic acids is 2. The monoisotopic (exact) mass is 443 g/mol. The van der Waals surface area contributed by atoms with Gasteiger partial charge in [-0.05, 0) is 50.1 Å². The van der Waals surface area contributed by atoms with Crippen LogP contribution in [0.4, 0.5) is 4.79 Å². The van der Waals surface area contributed by atoms with Crippen molar-refractivity contribution in [2.24, 2.45) is 5.41 Å². The summed E-state index contributed by atoms with van der Waals surface area (Å²) in [4.78, 5) is 31.4. The van der Waals surface area contributed by atoms with Gasteiger partial charge in [0.25, 0.3) is 0 Å². The van der Waals surface area contributed by atoms with Crippen LogP contribution < -0.4 is 0 Å². The molecule has 0 bridgehead atoms. The van der Waals surface area contributed by atoms with Crippen LogP contribution in [-0.4, -0.2) is 89.0 Å². The lowest BCUT2D eigenvalue weighted by atomic mass is 9.90. The number of aliphatic hydroxyl groups is 1. The quantitative estimate of drug-likeness (QED) is 0.748. The van der Waals surface area contributed by atoms with Gasteiger partial charge in [0, 0.05) is 13.1 Å². The number of hydrogen-bond acceptors (Lipinski definition) is 6. The van der Waals surface area contributed by atoms with Crippen LogP contribution in [0.15, 0.2) is 30.3 Å². The number of ether oxygens (including phenoxy) is 2. The molecule has 8 heteroatoms. The first-order valence-corrected chi connectivity index (χ1v) is 11.8. The molecule has 1 N–H and O–H groups in total. The molecule has 4 aliphatic rings. The van der Waals surface area contributed by atoms with Crippen molar-refractivity contribution >= 4 is 12.0 Å². The molecular formula is C24H33N3O5. The van der Waals surface area contributed by atoms with E-state index in [1.54, 1.807) is 6.92 Å². The zero-order valence-electron chi connectivity index (χ0n) is 18.7. The van der Waals surface area contributed by atoms with Gasteiger partial charge in [-0.1, -0.05) is 30.3 Å². The van der Waals surface area contributed by atoms with Gasteiger partial charge in [0.05, 0.1) is 25.3 Å². The van der Waals surface area contributed by atoms with Gasteiger partial charge in [0.15, 0.2) is 6.23 Å². The average molecular weight is 444 g/mol. The Morgan fingerprint density at radius 1 is 1.22 bits per heavy atom. The molecule has 1 aliphatic carbocycles. The Morgan fingerprint density at radius 2 is 2.00 bits per heavy atom. The molecule has 2 amide bonds. The highest BCUT2D eigenvalue weighted by Gasteiger charge is 2.51. The summed E-state index contributed by atoms with van der Waals surface area (Å²) < 4.78 is 11.4. The molecule has 3 saturated heterocycles. The zero-order valence-corrected chi connectivity index (χ0v) is 18.7. The van der Waals surface area contributed by atoms with Crippen molar-refractivity contribution in [3.63, 3.8) is 0 Å². The number of carbonyl (C=O) groups is 2. The van der Waals surface area contributed by atoms with Crippen molar-refractivity contribution in [2.45, 2.75) is 63.6 Å². The van der Waals surface area contributed by atoms with Crippen molar-refractivity contribution in [3.05, 3.63) is 35.9 Å². The Morgan fingerprint density at radius 3 is 2.72 bits per heavy atom. The van der Waals surface area contributed by atoms with E-state index in [1.165, 1.54) is 4.90 Å². The number of nitrogens with zero attached hydrogens (tertiary/aromatic N) is 3. The summed E-state index contributed by atoms with van der Waals surface area (Å²) in [6, 6.07) is 8.93. The minimum atomic E-state index is -0.578. The number of likely N-dealkylation sites (tertiary alicyclic amines) is 1. The molecule has 1 spiro atoms. The van der Waals surface area contributed by atoms with Crippen LogP contribution in [0, 0.1) is 5.41 Å². The third-order valence-electron chi connectivity index (χ3n) is 7.79. The number of aliphatic hydroxyl groups excluding tert-OH is 1. The summed E-state index contributed by atoms with van der Waals surface area (Å²) in [5.74, 6) is -0.0870.